The van der Waals surface area contributed by atoms with Crippen molar-refractivity contribution in [3.8, 4) is 5.75 Å². The number of nitrogens with one attached hydrogen (secondary N) is 1. The SMILES string of the molecule is Oc1c(Cl)cc(Cl)cc1CNc1ccc(Cl)c(Br)c1. The van der Waals surface area contributed by atoms with Crippen molar-refractivity contribution < 1.29 is 5.11 Å². The van der Waals surface area contributed by atoms with Gasteiger partial charge in [-0.25, -0.2) is 0 Å². The van der Waals surface area contributed by atoms with E-state index >= 15 is 0 Å². The van der Waals surface area contributed by atoms with Crippen LogP contribution in [0.2, 0.25) is 15.1 Å². The second-order valence-electron chi connectivity index (χ2n) is 3.88. The van der Waals surface area contributed by atoms with Crippen molar-refractivity contribution in [3.63, 3.8) is 0 Å². The summed E-state index contributed by atoms with van der Waals surface area (Å²) >= 11 is 21.0. The van der Waals surface area contributed by atoms with Crippen LogP contribution >= 0.6 is 50.7 Å². The molecule has 0 aliphatic heterocycles. The Kier molecular flexibility index (Phi) is 4.85. The number of anilines is 1. The van der Waals surface area contributed by atoms with Gasteiger partial charge in [0.15, 0.2) is 0 Å². The van der Waals surface area contributed by atoms with Crippen LogP contribution in [-0.4, -0.2) is 5.11 Å². The maximum atomic E-state index is 9.84. The highest BCUT2D eigenvalue weighted by Crippen LogP contribution is 2.32. The standard InChI is InChI=1S/C13H9BrCl3NO/c14-10-5-9(1-2-11(10)16)18-6-7-3-8(15)4-12(17)13(7)19/h1-5,18-19H,6H2. The molecule has 0 aliphatic carbocycles. The van der Waals surface area contributed by atoms with Crippen molar-refractivity contribution in [3.05, 3.63) is 55.4 Å². The fraction of sp³-hybridized carbons (Fsp3) is 0.0769. The van der Waals surface area contributed by atoms with Crippen LogP contribution in [0.15, 0.2) is 34.8 Å². The van der Waals surface area contributed by atoms with E-state index in [0.717, 1.165) is 10.2 Å². The van der Waals surface area contributed by atoms with E-state index in [2.05, 4.69) is 21.2 Å². The summed E-state index contributed by atoms with van der Waals surface area (Å²) in [4.78, 5) is 0. The van der Waals surface area contributed by atoms with Gasteiger partial charge < -0.3 is 10.4 Å². The zero-order valence-corrected chi connectivity index (χ0v) is 13.4. The minimum Gasteiger partial charge on any atom is -0.506 e. The van der Waals surface area contributed by atoms with Gasteiger partial charge in [0.2, 0.25) is 0 Å². The van der Waals surface area contributed by atoms with Crippen LogP contribution in [0.4, 0.5) is 5.69 Å². The van der Waals surface area contributed by atoms with Crippen LogP contribution in [0, 0.1) is 0 Å². The maximum Gasteiger partial charge on any atom is 0.139 e. The van der Waals surface area contributed by atoms with Crippen LogP contribution in [-0.2, 0) is 6.54 Å². The number of hydrogen-bond donors (Lipinski definition) is 2. The second kappa shape index (κ2) is 6.23. The first-order valence-corrected chi connectivity index (χ1v) is 7.26. The molecule has 2 nitrogen and oxygen atoms in total. The summed E-state index contributed by atoms with van der Waals surface area (Å²) < 4.78 is 0.799. The highest BCUT2D eigenvalue weighted by Gasteiger charge is 2.08. The van der Waals surface area contributed by atoms with E-state index in [1.165, 1.54) is 6.07 Å². The van der Waals surface area contributed by atoms with Crippen molar-refractivity contribution in [2.75, 3.05) is 5.32 Å². The number of phenolic OH excluding ortho intramolecular Hbond substituents is 1. The van der Waals surface area contributed by atoms with Crippen molar-refractivity contribution in [1.29, 1.82) is 0 Å². The third kappa shape index (κ3) is 3.69. The zero-order valence-electron chi connectivity index (χ0n) is 9.55. The van der Waals surface area contributed by atoms with E-state index in [4.69, 9.17) is 34.8 Å². The van der Waals surface area contributed by atoms with Crippen molar-refractivity contribution >= 4 is 56.4 Å². The Balaban J connectivity index is 2.16. The summed E-state index contributed by atoms with van der Waals surface area (Å²) in [6.07, 6.45) is 0. The molecule has 0 spiro atoms. The fourth-order valence-corrected chi connectivity index (χ4v) is 2.59. The number of halogens is 4. The second-order valence-corrected chi connectivity index (χ2v) is 5.98. The van der Waals surface area contributed by atoms with Crippen LogP contribution < -0.4 is 5.32 Å². The number of aromatic hydroxyl groups is 1. The molecule has 0 bridgehead atoms. The molecule has 0 amide bonds. The van der Waals surface area contributed by atoms with E-state index in [-0.39, 0.29) is 10.8 Å². The number of benzene rings is 2. The van der Waals surface area contributed by atoms with Crippen LogP contribution in [0.25, 0.3) is 0 Å². The van der Waals surface area contributed by atoms with Gasteiger partial charge in [-0.1, -0.05) is 34.8 Å². The lowest BCUT2D eigenvalue weighted by Gasteiger charge is -2.10. The van der Waals surface area contributed by atoms with Gasteiger partial charge in [0.1, 0.15) is 5.75 Å². The largest absolute Gasteiger partial charge is 0.506 e. The molecule has 0 fully saturated rings. The Morgan fingerprint density at radius 2 is 1.79 bits per heavy atom. The Bertz CT molecular complexity index is 619. The van der Waals surface area contributed by atoms with E-state index < -0.39 is 0 Å². The third-order valence-corrected chi connectivity index (χ3v) is 4.23. The summed E-state index contributed by atoms with van der Waals surface area (Å²) in [6.45, 7) is 0.403. The normalized spacial score (nSPS) is 10.5. The van der Waals surface area contributed by atoms with Gasteiger partial charge in [0.25, 0.3) is 0 Å². The minimum absolute atomic E-state index is 0.0339. The molecule has 0 aromatic heterocycles. The Morgan fingerprint density at radius 3 is 2.47 bits per heavy atom. The Labute approximate surface area is 134 Å². The summed E-state index contributed by atoms with van der Waals surface area (Å²) in [7, 11) is 0. The van der Waals surface area contributed by atoms with Crippen LogP contribution in [0.5, 0.6) is 5.75 Å². The van der Waals surface area contributed by atoms with Gasteiger partial charge in [-0.05, 0) is 46.3 Å². The minimum atomic E-state index is 0.0339. The van der Waals surface area contributed by atoms with Crippen LogP contribution in [0.3, 0.4) is 0 Å². The Morgan fingerprint density at radius 1 is 1.05 bits per heavy atom. The molecule has 2 rings (SSSR count). The molecule has 2 aromatic carbocycles. The molecule has 0 heterocycles. The van der Waals surface area contributed by atoms with Gasteiger partial charge in [0, 0.05) is 27.3 Å². The topological polar surface area (TPSA) is 32.3 Å². The quantitative estimate of drug-likeness (QED) is 0.712. The molecule has 19 heavy (non-hydrogen) atoms. The summed E-state index contributed by atoms with van der Waals surface area (Å²) in [6, 6.07) is 8.64. The van der Waals surface area contributed by atoms with Gasteiger partial charge in [-0.2, -0.15) is 0 Å². The van der Waals surface area contributed by atoms with E-state index in [0.29, 0.717) is 22.2 Å². The number of rotatable bonds is 3. The molecule has 0 saturated heterocycles. The lowest BCUT2D eigenvalue weighted by molar-refractivity contribution is 0.469. The predicted octanol–water partition coefficient (Wildman–Crippen LogP) is 5.73. The smallest absolute Gasteiger partial charge is 0.139 e. The van der Waals surface area contributed by atoms with Gasteiger partial charge in [0.05, 0.1) is 10.0 Å². The highest BCUT2D eigenvalue weighted by atomic mass is 79.9. The monoisotopic (exact) mass is 379 g/mol. The van der Waals surface area contributed by atoms with E-state index in [1.807, 2.05) is 12.1 Å². The molecule has 0 unspecified atom stereocenters. The summed E-state index contributed by atoms with van der Waals surface area (Å²) in [5, 5.41) is 14.4. The predicted molar refractivity (Wildman–Crippen MR) is 84.6 cm³/mol. The van der Waals surface area contributed by atoms with E-state index in [9.17, 15) is 5.11 Å². The Hall–Kier alpha value is -0.610. The number of hydrogen-bond acceptors (Lipinski definition) is 2. The molecule has 0 radical (unpaired) electrons. The van der Waals surface area contributed by atoms with Crippen LogP contribution in [0.1, 0.15) is 5.56 Å². The average molecular weight is 381 g/mol. The molecule has 2 aromatic rings. The molecular formula is C13H9BrCl3NO. The maximum absolute atomic E-state index is 9.84. The molecule has 0 aliphatic rings. The first-order chi connectivity index (χ1) is 8.97. The first kappa shape index (κ1) is 14.8. The van der Waals surface area contributed by atoms with Gasteiger partial charge in [-0.15, -0.1) is 0 Å². The van der Waals surface area contributed by atoms with Crippen molar-refractivity contribution in [1.82, 2.24) is 0 Å². The molecular weight excluding hydrogens is 372 g/mol. The van der Waals surface area contributed by atoms with Crippen molar-refractivity contribution in [2.24, 2.45) is 0 Å². The molecule has 0 atom stereocenters. The lowest BCUT2D eigenvalue weighted by atomic mass is 10.2. The molecule has 100 valence electrons. The van der Waals surface area contributed by atoms with Crippen molar-refractivity contribution in [2.45, 2.75) is 6.54 Å². The average Bonchev–Trinajstić information content (AvgIpc) is 2.36. The lowest BCUT2D eigenvalue weighted by Crippen LogP contribution is -2.00. The van der Waals surface area contributed by atoms with Gasteiger partial charge in [-0.3, -0.25) is 0 Å². The zero-order chi connectivity index (χ0) is 14.0. The first-order valence-electron chi connectivity index (χ1n) is 5.33. The molecule has 2 N–H and O–H groups in total. The summed E-state index contributed by atoms with van der Waals surface area (Å²) in [5.74, 6) is 0.0339. The van der Waals surface area contributed by atoms with E-state index in [1.54, 1.807) is 12.1 Å². The fourth-order valence-electron chi connectivity index (χ4n) is 1.56. The molecule has 0 saturated carbocycles. The molecule has 6 heteroatoms. The van der Waals surface area contributed by atoms with Gasteiger partial charge >= 0.3 is 0 Å². The number of phenols is 1. The third-order valence-electron chi connectivity index (χ3n) is 2.51. The highest BCUT2D eigenvalue weighted by molar-refractivity contribution is 9.10. The summed E-state index contributed by atoms with van der Waals surface area (Å²) in [5.41, 5.74) is 1.50.